The number of methoxy groups -OCH3 is 3. The van der Waals surface area contributed by atoms with Gasteiger partial charge >= 0.3 is 5.97 Å². The first-order valence-electron chi connectivity index (χ1n) is 12.8. The molecule has 1 fully saturated rings. The molecule has 3 atom stereocenters. The summed E-state index contributed by atoms with van der Waals surface area (Å²) in [5.41, 5.74) is 3.47. The van der Waals surface area contributed by atoms with Crippen molar-refractivity contribution in [1.82, 2.24) is 0 Å². The lowest BCUT2D eigenvalue weighted by Crippen LogP contribution is -2.41. The topological polar surface area (TPSA) is 92.7 Å². The van der Waals surface area contributed by atoms with Crippen molar-refractivity contribution < 1.29 is 33.3 Å². The number of hydrogen-bond acceptors (Lipinski definition) is 8. The molecule has 8 nitrogen and oxygen atoms in total. The zero-order valence-corrected chi connectivity index (χ0v) is 22.6. The molecule has 1 heterocycles. The van der Waals surface area contributed by atoms with Crippen LogP contribution in [0, 0.1) is 5.92 Å². The van der Waals surface area contributed by atoms with E-state index in [0.717, 1.165) is 16.8 Å². The third kappa shape index (κ3) is 5.45. The largest absolute Gasteiger partial charge is 0.494 e. The Morgan fingerprint density at radius 1 is 0.947 bits per heavy atom. The SMILES string of the molecule is CCOc1ccccc1[C@H]1C(C(=O)OCCOC)=C(C)N=C2C[C@H](c3ccc(OC)c(OC)c3)CC(=O)C21. The second kappa shape index (κ2) is 12.3. The van der Waals surface area contributed by atoms with E-state index in [2.05, 4.69) is 0 Å². The van der Waals surface area contributed by atoms with E-state index in [-0.39, 0.29) is 24.9 Å². The molecule has 38 heavy (non-hydrogen) atoms. The Hall–Kier alpha value is -3.65. The predicted octanol–water partition coefficient (Wildman–Crippen LogP) is 4.87. The van der Waals surface area contributed by atoms with Crippen molar-refractivity contribution in [1.29, 1.82) is 0 Å². The third-order valence-electron chi connectivity index (χ3n) is 7.13. The van der Waals surface area contributed by atoms with E-state index < -0.39 is 17.8 Å². The fourth-order valence-electron chi connectivity index (χ4n) is 5.44. The number of rotatable bonds is 10. The minimum atomic E-state index is -0.582. The number of fused-ring (bicyclic) bond motifs is 1. The molecular weight excluding hydrogens is 486 g/mol. The van der Waals surface area contributed by atoms with Gasteiger partial charge in [-0.15, -0.1) is 0 Å². The molecule has 0 N–H and O–H groups in total. The number of allylic oxidation sites excluding steroid dienone is 1. The monoisotopic (exact) mass is 521 g/mol. The van der Waals surface area contributed by atoms with Crippen LogP contribution in [0.25, 0.3) is 0 Å². The summed E-state index contributed by atoms with van der Waals surface area (Å²) < 4.78 is 27.4. The Bertz CT molecular complexity index is 1250. The maximum absolute atomic E-state index is 13.9. The van der Waals surface area contributed by atoms with Gasteiger partial charge in [-0.25, -0.2) is 4.79 Å². The summed E-state index contributed by atoms with van der Waals surface area (Å²) in [5.74, 6) is 0.226. The summed E-state index contributed by atoms with van der Waals surface area (Å²) in [5, 5.41) is 0. The van der Waals surface area contributed by atoms with Crippen LogP contribution in [0.2, 0.25) is 0 Å². The van der Waals surface area contributed by atoms with Gasteiger partial charge in [0.25, 0.3) is 0 Å². The van der Waals surface area contributed by atoms with Crippen LogP contribution >= 0.6 is 0 Å². The lowest BCUT2D eigenvalue weighted by Gasteiger charge is -2.38. The number of carbonyl (C=O) groups is 2. The van der Waals surface area contributed by atoms with E-state index >= 15 is 0 Å². The fraction of sp³-hybridized carbons (Fsp3) is 0.433. The highest BCUT2D eigenvalue weighted by Gasteiger charge is 2.47. The van der Waals surface area contributed by atoms with Crippen LogP contribution in [0.15, 0.2) is 58.7 Å². The first kappa shape index (κ1) is 27.4. The lowest BCUT2D eigenvalue weighted by molar-refractivity contribution is -0.140. The van der Waals surface area contributed by atoms with Gasteiger partial charge in [-0.3, -0.25) is 9.79 Å². The molecule has 1 saturated carbocycles. The van der Waals surface area contributed by atoms with Gasteiger partial charge in [0.05, 0.1) is 38.9 Å². The maximum Gasteiger partial charge on any atom is 0.336 e. The van der Waals surface area contributed by atoms with E-state index in [4.69, 9.17) is 28.7 Å². The molecule has 1 aliphatic heterocycles. The van der Waals surface area contributed by atoms with Crippen LogP contribution in [-0.4, -0.2) is 58.6 Å². The first-order chi connectivity index (χ1) is 18.4. The molecule has 0 saturated heterocycles. The minimum absolute atomic E-state index is 0.0285. The second-order valence-corrected chi connectivity index (χ2v) is 9.34. The third-order valence-corrected chi connectivity index (χ3v) is 7.13. The summed E-state index contributed by atoms with van der Waals surface area (Å²) in [4.78, 5) is 32.1. The summed E-state index contributed by atoms with van der Waals surface area (Å²) in [6, 6.07) is 13.3. The predicted molar refractivity (Wildman–Crippen MR) is 143 cm³/mol. The van der Waals surface area contributed by atoms with Gasteiger partial charge in [0.1, 0.15) is 18.1 Å². The zero-order chi connectivity index (χ0) is 27.2. The van der Waals surface area contributed by atoms with Crippen LogP contribution in [-0.2, 0) is 19.1 Å². The Balaban J connectivity index is 1.77. The number of ether oxygens (including phenoxy) is 5. The van der Waals surface area contributed by atoms with Gasteiger partial charge < -0.3 is 23.7 Å². The van der Waals surface area contributed by atoms with Crippen LogP contribution < -0.4 is 14.2 Å². The average molecular weight is 522 g/mol. The van der Waals surface area contributed by atoms with Gasteiger partial charge in [-0.2, -0.15) is 0 Å². The van der Waals surface area contributed by atoms with Gasteiger partial charge in [0, 0.05) is 36.4 Å². The van der Waals surface area contributed by atoms with Gasteiger partial charge in [0.15, 0.2) is 11.5 Å². The number of nitrogens with zero attached hydrogens (tertiary/aromatic N) is 1. The molecule has 2 aromatic rings. The molecule has 0 aromatic heterocycles. The normalized spacial score (nSPS) is 20.9. The molecule has 8 heteroatoms. The smallest absolute Gasteiger partial charge is 0.336 e. The highest BCUT2D eigenvalue weighted by atomic mass is 16.6. The molecule has 2 aliphatic rings. The van der Waals surface area contributed by atoms with Crippen molar-refractivity contribution >= 4 is 17.5 Å². The molecule has 0 bridgehead atoms. The number of para-hydroxylation sites is 1. The molecule has 202 valence electrons. The molecule has 0 spiro atoms. The second-order valence-electron chi connectivity index (χ2n) is 9.34. The quantitative estimate of drug-likeness (QED) is 0.325. The van der Waals surface area contributed by atoms with Crippen LogP contribution in [0.3, 0.4) is 0 Å². The standard InChI is InChI=1S/C30H35NO7/c1-6-37-24-10-8-7-9-21(24)28-27(30(33)38-14-13-34-3)18(2)31-22-15-20(16-23(32)29(22)28)19-11-12-25(35-4)26(17-19)36-5/h7-12,17,20,28-29H,6,13-16H2,1-5H3/t20-,28-,29?/m0/s1. The average Bonchev–Trinajstić information content (AvgIpc) is 2.92. The first-order valence-corrected chi connectivity index (χ1v) is 12.8. The number of carbonyl (C=O) groups excluding carboxylic acids is 2. The Kier molecular flexibility index (Phi) is 8.84. The van der Waals surface area contributed by atoms with Crippen LogP contribution in [0.4, 0.5) is 0 Å². The maximum atomic E-state index is 13.9. The van der Waals surface area contributed by atoms with E-state index in [1.807, 2.05) is 49.4 Å². The summed E-state index contributed by atoms with van der Waals surface area (Å²) in [6.45, 7) is 4.56. The molecule has 0 amide bonds. The van der Waals surface area contributed by atoms with E-state index in [9.17, 15) is 9.59 Å². The summed E-state index contributed by atoms with van der Waals surface area (Å²) >= 11 is 0. The van der Waals surface area contributed by atoms with Crippen molar-refractivity contribution in [3.05, 3.63) is 64.9 Å². The number of ketones is 1. The molecule has 1 aliphatic carbocycles. The van der Waals surface area contributed by atoms with Gasteiger partial charge in [0.2, 0.25) is 0 Å². The highest BCUT2D eigenvalue weighted by Crippen LogP contribution is 2.48. The van der Waals surface area contributed by atoms with Crippen molar-refractivity contribution in [2.45, 2.75) is 38.5 Å². The molecule has 4 rings (SSSR count). The number of esters is 1. The van der Waals surface area contributed by atoms with Gasteiger partial charge in [-0.05, 0) is 49.9 Å². The number of Topliss-reactive ketones (excluding diaryl/α,β-unsaturated/α-hetero) is 1. The van der Waals surface area contributed by atoms with Crippen molar-refractivity contribution in [3.8, 4) is 17.2 Å². The number of hydrogen-bond donors (Lipinski definition) is 0. The number of aliphatic imine (C=N–C) groups is 1. The Labute approximate surface area is 223 Å². The van der Waals surface area contributed by atoms with Crippen molar-refractivity contribution in [3.63, 3.8) is 0 Å². The van der Waals surface area contributed by atoms with Crippen LogP contribution in [0.5, 0.6) is 17.2 Å². The fourth-order valence-corrected chi connectivity index (χ4v) is 5.44. The van der Waals surface area contributed by atoms with Gasteiger partial charge in [-0.1, -0.05) is 24.3 Å². The van der Waals surface area contributed by atoms with E-state index in [0.29, 0.717) is 48.0 Å². The highest BCUT2D eigenvalue weighted by molar-refractivity contribution is 6.12. The Morgan fingerprint density at radius 3 is 2.42 bits per heavy atom. The van der Waals surface area contributed by atoms with E-state index in [1.54, 1.807) is 28.3 Å². The minimum Gasteiger partial charge on any atom is -0.494 e. The number of benzene rings is 2. The lowest BCUT2D eigenvalue weighted by atomic mass is 9.66. The molecule has 1 unspecified atom stereocenters. The van der Waals surface area contributed by atoms with Crippen LogP contribution in [0.1, 0.15) is 49.7 Å². The summed E-state index contributed by atoms with van der Waals surface area (Å²) in [6.07, 6.45) is 0.903. The molecule has 0 radical (unpaired) electrons. The Morgan fingerprint density at radius 2 is 1.71 bits per heavy atom. The van der Waals surface area contributed by atoms with Crippen molar-refractivity contribution in [2.24, 2.45) is 10.9 Å². The molecule has 2 aromatic carbocycles. The zero-order valence-electron chi connectivity index (χ0n) is 22.6. The molecular formula is C30H35NO7. The van der Waals surface area contributed by atoms with Crippen molar-refractivity contribution in [2.75, 3.05) is 41.2 Å². The summed E-state index contributed by atoms with van der Waals surface area (Å²) in [7, 11) is 4.74. The van der Waals surface area contributed by atoms with E-state index in [1.165, 1.54) is 0 Å².